The first-order valence-electron chi connectivity index (χ1n) is 10.0. The van der Waals surface area contributed by atoms with E-state index in [9.17, 15) is 9.59 Å². The Labute approximate surface area is 165 Å². The number of carbonyl (C=O) groups excluding carboxylic acids is 2. The molecule has 5 nitrogen and oxygen atoms in total. The zero-order valence-corrected chi connectivity index (χ0v) is 16.2. The number of methoxy groups -OCH3 is 1. The average molecular weight is 378 g/mol. The number of benzene rings is 2. The third kappa shape index (κ3) is 3.75. The minimum atomic E-state index is -0.00598. The Morgan fingerprint density at radius 3 is 2.57 bits per heavy atom. The third-order valence-corrected chi connectivity index (χ3v) is 5.82. The summed E-state index contributed by atoms with van der Waals surface area (Å²) in [4.78, 5) is 27.1. The minimum absolute atomic E-state index is 0.00598. The highest BCUT2D eigenvalue weighted by molar-refractivity contribution is 6.07. The van der Waals surface area contributed by atoms with Crippen LogP contribution in [0, 0.1) is 5.92 Å². The lowest BCUT2D eigenvalue weighted by Gasteiger charge is -2.19. The fourth-order valence-electron chi connectivity index (χ4n) is 4.16. The van der Waals surface area contributed by atoms with Gasteiger partial charge in [-0.1, -0.05) is 25.0 Å². The molecule has 2 amide bonds. The molecular formula is C23H26N2O3. The number of amides is 2. The van der Waals surface area contributed by atoms with Gasteiger partial charge in [0.05, 0.1) is 7.11 Å². The number of fused-ring (bicyclic) bond motifs is 1. The number of anilines is 1. The second-order valence-electron chi connectivity index (χ2n) is 7.60. The predicted octanol–water partition coefficient (Wildman–Crippen LogP) is 3.70. The average Bonchev–Trinajstić information content (AvgIpc) is 3.41. The standard InChI is InChI=1S/C23H26N2O3/c1-28-20-10-8-19(9-11-20)23(27)25-13-12-17-7-6-16(14-21(17)25)15-24-22(26)18-4-2-3-5-18/h6-11,14,18H,2-5,12-13,15H2,1H3,(H,24,26). The number of hydrogen-bond donors (Lipinski definition) is 1. The molecule has 0 radical (unpaired) electrons. The molecule has 2 aromatic rings. The summed E-state index contributed by atoms with van der Waals surface area (Å²) >= 11 is 0. The van der Waals surface area contributed by atoms with Gasteiger partial charge in [-0.15, -0.1) is 0 Å². The number of nitrogens with zero attached hydrogens (tertiary/aromatic N) is 1. The molecule has 146 valence electrons. The van der Waals surface area contributed by atoms with Gasteiger partial charge in [0.2, 0.25) is 5.91 Å². The Bertz CT molecular complexity index is 870. The van der Waals surface area contributed by atoms with Gasteiger partial charge in [-0.3, -0.25) is 9.59 Å². The van der Waals surface area contributed by atoms with Crippen molar-refractivity contribution in [2.45, 2.75) is 38.6 Å². The number of hydrogen-bond acceptors (Lipinski definition) is 3. The molecular weight excluding hydrogens is 352 g/mol. The molecule has 2 aromatic carbocycles. The summed E-state index contributed by atoms with van der Waals surface area (Å²) in [5.74, 6) is 1.05. The summed E-state index contributed by atoms with van der Waals surface area (Å²) in [7, 11) is 1.61. The van der Waals surface area contributed by atoms with Crippen LogP contribution in [0.2, 0.25) is 0 Å². The Morgan fingerprint density at radius 1 is 1.11 bits per heavy atom. The van der Waals surface area contributed by atoms with E-state index in [-0.39, 0.29) is 17.7 Å². The summed E-state index contributed by atoms with van der Waals surface area (Å²) in [6.07, 6.45) is 5.16. The van der Waals surface area contributed by atoms with Gasteiger partial charge in [0.1, 0.15) is 5.75 Å². The fourth-order valence-corrected chi connectivity index (χ4v) is 4.16. The molecule has 1 fully saturated rings. The van der Waals surface area contributed by atoms with Crippen molar-refractivity contribution < 1.29 is 14.3 Å². The first kappa shape index (κ1) is 18.5. The van der Waals surface area contributed by atoms with Crippen molar-refractivity contribution in [3.05, 3.63) is 59.2 Å². The summed E-state index contributed by atoms with van der Waals surface area (Å²) in [6.45, 7) is 1.19. The van der Waals surface area contributed by atoms with Crippen LogP contribution < -0.4 is 15.0 Å². The van der Waals surface area contributed by atoms with Crippen molar-refractivity contribution in [2.75, 3.05) is 18.6 Å². The molecule has 4 rings (SSSR count). The van der Waals surface area contributed by atoms with E-state index in [1.807, 2.05) is 11.0 Å². The molecule has 1 heterocycles. The quantitative estimate of drug-likeness (QED) is 0.863. The zero-order chi connectivity index (χ0) is 19.5. The van der Waals surface area contributed by atoms with Gasteiger partial charge in [-0.05, 0) is 60.7 Å². The van der Waals surface area contributed by atoms with Crippen LogP contribution in [-0.2, 0) is 17.8 Å². The van der Waals surface area contributed by atoms with Gasteiger partial charge in [0, 0.05) is 30.3 Å². The van der Waals surface area contributed by atoms with E-state index in [1.165, 1.54) is 5.56 Å². The van der Waals surface area contributed by atoms with E-state index < -0.39 is 0 Å². The molecule has 0 saturated heterocycles. The van der Waals surface area contributed by atoms with Crippen LogP contribution in [0.5, 0.6) is 5.75 Å². The molecule has 5 heteroatoms. The minimum Gasteiger partial charge on any atom is -0.497 e. The van der Waals surface area contributed by atoms with Crippen molar-refractivity contribution in [2.24, 2.45) is 5.92 Å². The second kappa shape index (κ2) is 8.05. The van der Waals surface area contributed by atoms with E-state index in [0.717, 1.165) is 49.1 Å². The van der Waals surface area contributed by atoms with E-state index in [1.54, 1.807) is 31.4 Å². The van der Waals surface area contributed by atoms with Gasteiger partial charge >= 0.3 is 0 Å². The van der Waals surface area contributed by atoms with Crippen LogP contribution in [0.15, 0.2) is 42.5 Å². The van der Waals surface area contributed by atoms with Gasteiger partial charge in [0.25, 0.3) is 5.91 Å². The molecule has 0 atom stereocenters. The Balaban J connectivity index is 1.46. The maximum absolute atomic E-state index is 13.0. The predicted molar refractivity (Wildman–Crippen MR) is 109 cm³/mol. The highest BCUT2D eigenvalue weighted by Gasteiger charge is 2.26. The van der Waals surface area contributed by atoms with Gasteiger partial charge in [0.15, 0.2) is 0 Å². The van der Waals surface area contributed by atoms with Crippen LogP contribution in [-0.4, -0.2) is 25.5 Å². The Morgan fingerprint density at radius 2 is 1.86 bits per heavy atom. The molecule has 0 bridgehead atoms. The molecule has 1 N–H and O–H groups in total. The SMILES string of the molecule is COc1ccc(C(=O)N2CCc3ccc(CNC(=O)C4CCCC4)cc32)cc1. The number of nitrogens with one attached hydrogen (secondary N) is 1. The van der Waals surface area contributed by atoms with Crippen molar-refractivity contribution in [1.29, 1.82) is 0 Å². The first-order valence-corrected chi connectivity index (χ1v) is 10.0. The monoisotopic (exact) mass is 378 g/mol. The normalized spacial score (nSPS) is 16.1. The summed E-state index contributed by atoms with van der Waals surface area (Å²) in [5.41, 5.74) is 3.80. The van der Waals surface area contributed by atoms with E-state index in [4.69, 9.17) is 4.74 Å². The number of carbonyl (C=O) groups is 2. The molecule has 1 aliphatic carbocycles. The van der Waals surface area contributed by atoms with Crippen molar-refractivity contribution >= 4 is 17.5 Å². The molecule has 0 unspecified atom stereocenters. The number of ether oxygens (including phenoxy) is 1. The van der Waals surface area contributed by atoms with Crippen molar-refractivity contribution in [1.82, 2.24) is 5.32 Å². The lowest BCUT2D eigenvalue weighted by molar-refractivity contribution is -0.124. The third-order valence-electron chi connectivity index (χ3n) is 5.82. The molecule has 1 saturated carbocycles. The van der Waals surface area contributed by atoms with Crippen LogP contribution in [0.3, 0.4) is 0 Å². The maximum Gasteiger partial charge on any atom is 0.258 e. The highest BCUT2D eigenvalue weighted by Crippen LogP contribution is 2.31. The lowest BCUT2D eigenvalue weighted by Crippen LogP contribution is -2.30. The second-order valence-corrected chi connectivity index (χ2v) is 7.60. The van der Waals surface area contributed by atoms with Crippen LogP contribution in [0.1, 0.15) is 47.2 Å². The van der Waals surface area contributed by atoms with E-state index in [0.29, 0.717) is 18.7 Å². The zero-order valence-electron chi connectivity index (χ0n) is 16.2. The molecule has 1 aliphatic heterocycles. The Kier molecular flexibility index (Phi) is 5.33. The topological polar surface area (TPSA) is 58.6 Å². The molecule has 2 aliphatic rings. The van der Waals surface area contributed by atoms with Crippen molar-refractivity contribution in [3.63, 3.8) is 0 Å². The van der Waals surface area contributed by atoms with Crippen molar-refractivity contribution in [3.8, 4) is 5.75 Å². The fraction of sp³-hybridized carbons (Fsp3) is 0.391. The first-order chi connectivity index (χ1) is 13.7. The highest BCUT2D eigenvalue weighted by atomic mass is 16.5. The summed E-state index contributed by atoms with van der Waals surface area (Å²) < 4.78 is 5.17. The summed E-state index contributed by atoms with van der Waals surface area (Å²) in [5, 5.41) is 3.06. The Hall–Kier alpha value is -2.82. The van der Waals surface area contributed by atoms with Gasteiger partial charge in [-0.25, -0.2) is 0 Å². The molecule has 0 spiro atoms. The van der Waals surface area contributed by atoms with E-state index >= 15 is 0 Å². The summed E-state index contributed by atoms with van der Waals surface area (Å²) in [6, 6.07) is 13.4. The largest absolute Gasteiger partial charge is 0.497 e. The van der Waals surface area contributed by atoms with Gasteiger partial charge in [-0.2, -0.15) is 0 Å². The molecule has 28 heavy (non-hydrogen) atoms. The van der Waals surface area contributed by atoms with Crippen LogP contribution in [0.25, 0.3) is 0 Å². The maximum atomic E-state index is 13.0. The van der Waals surface area contributed by atoms with Crippen LogP contribution >= 0.6 is 0 Å². The lowest BCUT2D eigenvalue weighted by atomic mass is 10.1. The number of rotatable bonds is 5. The van der Waals surface area contributed by atoms with Gasteiger partial charge < -0.3 is 15.0 Å². The smallest absolute Gasteiger partial charge is 0.258 e. The van der Waals surface area contributed by atoms with Crippen LogP contribution in [0.4, 0.5) is 5.69 Å². The van der Waals surface area contributed by atoms with E-state index in [2.05, 4.69) is 17.4 Å². The molecule has 0 aromatic heterocycles.